The average molecular weight is 401 g/mol. The van der Waals surface area contributed by atoms with Crippen molar-refractivity contribution in [1.29, 1.82) is 0 Å². The molecule has 0 bridgehead atoms. The van der Waals surface area contributed by atoms with Crippen LogP contribution < -0.4 is 0 Å². The summed E-state index contributed by atoms with van der Waals surface area (Å²) in [6, 6.07) is 9.43. The third kappa shape index (κ3) is 3.42. The molecule has 4 rings (SSSR count). The molecule has 0 radical (unpaired) electrons. The fourth-order valence-corrected chi connectivity index (χ4v) is 3.52. The first-order chi connectivity index (χ1) is 13.4. The highest BCUT2D eigenvalue weighted by atomic mass is 35.5. The minimum Gasteiger partial charge on any atom is -0.507 e. The Morgan fingerprint density at radius 2 is 1.93 bits per heavy atom. The van der Waals surface area contributed by atoms with Crippen molar-refractivity contribution in [3.63, 3.8) is 0 Å². The number of nitrogens with zero attached hydrogens (tertiary/aromatic N) is 2. The molecule has 1 aliphatic rings. The Hall–Kier alpha value is -3.03. The summed E-state index contributed by atoms with van der Waals surface area (Å²) in [6.07, 6.45) is 0.693. The number of phenolic OH excluding ortho intramolecular Hbond substituents is 2. The second-order valence-corrected chi connectivity index (χ2v) is 7.13. The van der Waals surface area contributed by atoms with Crippen LogP contribution in [0.3, 0.4) is 0 Å². The molecule has 0 unspecified atom stereocenters. The van der Waals surface area contributed by atoms with Gasteiger partial charge in [-0.05, 0) is 23.8 Å². The zero-order valence-electron chi connectivity index (χ0n) is 14.7. The third-order valence-corrected chi connectivity index (χ3v) is 5.14. The molecular formula is C20H17ClN2O5. The molecule has 3 aromatic rings. The van der Waals surface area contributed by atoms with Crippen molar-refractivity contribution < 1.29 is 24.6 Å². The molecule has 144 valence electrons. The van der Waals surface area contributed by atoms with Gasteiger partial charge >= 0.3 is 5.97 Å². The van der Waals surface area contributed by atoms with Crippen molar-refractivity contribution in [1.82, 2.24) is 10.1 Å². The minimum absolute atomic E-state index is 0.115. The van der Waals surface area contributed by atoms with Crippen LogP contribution in [0.5, 0.6) is 11.5 Å². The summed E-state index contributed by atoms with van der Waals surface area (Å²) < 4.78 is 5.48. The van der Waals surface area contributed by atoms with E-state index in [1.807, 2.05) is 0 Å². The molecule has 0 aliphatic carbocycles. The molecule has 7 nitrogen and oxygen atoms in total. The van der Waals surface area contributed by atoms with Gasteiger partial charge in [0.2, 0.25) is 0 Å². The van der Waals surface area contributed by atoms with E-state index in [1.54, 1.807) is 24.3 Å². The summed E-state index contributed by atoms with van der Waals surface area (Å²) >= 11 is 5.98. The maximum absolute atomic E-state index is 11.0. The third-order valence-electron chi connectivity index (χ3n) is 4.83. The van der Waals surface area contributed by atoms with Crippen molar-refractivity contribution in [3.8, 4) is 22.8 Å². The van der Waals surface area contributed by atoms with E-state index < -0.39 is 5.97 Å². The van der Waals surface area contributed by atoms with E-state index in [-0.39, 0.29) is 22.1 Å². The lowest BCUT2D eigenvalue weighted by Gasteiger charge is -2.26. The molecule has 0 saturated carbocycles. The van der Waals surface area contributed by atoms with Gasteiger partial charge in [-0.3, -0.25) is 4.90 Å². The number of aromatic carboxylic acids is 1. The number of hydrogen-bond donors (Lipinski definition) is 3. The smallest absolute Gasteiger partial charge is 0.335 e. The van der Waals surface area contributed by atoms with Gasteiger partial charge in [-0.15, -0.1) is 0 Å². The molecule has 2 aromatic carbocycles. The predicted octanol–water partition coefficient (Wildman–Crippen LogP) is 3.66. The summed E-state index contributed by atoms with van der Waals surface area (Å²) in [4.78, 5) is 13.2. The lowest BCUT2D eigenvalue weighted by Crippen LogP contribution is -2.30. The SMILES string of the molecule is O=C(O)c1ccc(CN2CCc3noc(-c4cc(Cl)c(O)cc4O)c3C2)cc1. The number of halogens is 1. The summed E-state index contributed by atoms with van der Waals surface area (Å²) in [5.74, 6) is -0.860. The van der Waals surface area contributed by atoms with Crippen molar-refractivity contribution in [2.75, 3.05) is 6.54 Å². The van der Waals surface area contributed by atoms with E-state index in [1.165, 1.54) is 12.1 Å². The van der Waals surface area contributed by atoms with Gasteiger partial charge in [0.05, 0.1) is 21.8 Å². The number of aromatic hydroxyl groups is 2. The van der Waals surface area contributed by atoms with Crippen LogP contribution in [0.2, 0.25) is 5.02 Å². The molecule has 0 saturated heterocycles. The topological polar surface area (TPSA) is 107 Å². The van der Waals surface area contributed by atoms with Crippen molar-refractivity contribution in [2.24, 2.45) is 0 Å². The second-order valence-electron chi connectivity index (χ2n) is 6.72. The van der Waals surface area contributed by atoms with Gasteiger partial charge in [0.25, 0.3) is 0 Å². The Morgan fingerprint density at radius 1 is 1.18 bits per heavy atom. The standard InChI is InChI=1S/C20H17ClN2O5/c21-15-7-13(17(24)8-18(15)25)19-14-10-23(6-5-16(14)22-28-19)9-11-1-3-12(4-2-11)20(26)27/h1-4,7-8,24-25H,5-6,9-10H2,(H,26,27). The molecule has 0 spiro atoms. The van der Waals surface area contributed by atoms with Crippen LogP contribution in [0.4, 0.5) is 0 Å². The lowest BCUT2D eigenvalue weighted by atomic mass is 10.00. The lowest BCUT2D eigenvalue weighted by molar-refractivity contribution is 0.0697. The summed E-state index contributed by atoms with van der Waals surface area (Å²) in [5, 5.41) is 33.1. The van der Waals surface area contributed by atoms with E-state index in [4.69, 9.17) is 21.2 Å². The highest BCUT2D eigenvalue weighted by molar-refractivity contribution is 6.32. The van der Waals surface area contributed by atoms with E-state index >= 15 is 0 Å². The Labute approximate surface area is 165 Å². The maximum Gasteiger partial charge on any atom is 0.335 e. The van der Waals surface area contributed by atoms with E-state index in [0.717, 1.165) is 23.4 Å². The molecule has 3 N–H and O–H groups in total. The summed E-state index contributed by atoms with van der Waals surface area (Å²) in [7, 11) is 0. The van der Waals surface area contributed by atoms with Crippen LogP contribution in [0.25, 0.3) is 11.3 Å². The first-order valence-corrected chi connectivity index (χ1v) is 9.04. The van der Waals surface area contributed by atoms with Crippen LogP contribution in [0.15, 0.2) is 40.9 Å². The zero-order chi connectivity index (χ0) is 19.8. The van der Waals surface area contributed by atoms with Crippen molar-refractivity contribution in [3.05, 3.63) is 63.8 Å². The Kier molecular flexibility index (Phi) is 4.70. The van der Waals surface area contributed by atoms with Gasteiger partial charge < -0.3 is 19.8 Å². The van der Waals surface area contributed by atoms with Crippen molar-refractivity contribution in [2.45, 2.75) is 19.5 Å². The molecule has 1 aliphatic heterocycles. The number of carboxylic acids is 1. The first kappa shape index (κ1) is 18.3. The first-order valence-electron chi connectivity index (χ1n) is 8.66. The monoisotopic (exact) mass is 400 g/mol. The van der Waals surface area contributed by atoms with Crippen LogP contribution in [0.1, 0.15) is 27.2 Å². The van der Waals surface area contributed by atoms with Crippen molar-refractivity contribution >= 4 is 17.6 Å². The number of benzene rings is 2. The van der Waals surface area contributed by atoms with Crippen LogP contribution in [-0.4, -0.2) is 37.9 Å². The highest BCUT2D eigenvalue weighted by Crippen LogP contribution is 2.40. The molecule has 0 amide bonds. The van der Waals surface area contributed by atoms with Crippen LogP contribution >= 0.6 is 11.6 Å². The fraction of sp³-hybridized carbons (Fsp3) is 0.200. The minimum atomic E-state index is -0.948. The largest absolute Gasteiger partial charge is 0.507 e. The molecular weight excluding hydrogens is 384 g/mol. The van der Waals surface area contributed by atoms with Crippen LogP contribution in [0, 0.1) is 0 Å². The van der Waals surface area contributed by atoms with Crippen LogP contribution in [-0.2, 0) is 19.5 Å². The summed E-state index contributed by atoms with van der Waals surface area (Å²) in [6.45, 7) is 1.99. The summed E-state index contributed by atoms with van der Waals surface area (Å²) in [5.41, 5.74) is 3.33. The number of fused-ring (bicyclic) bond motifs is 1. The van der Waals surface area contributed by atoms with Gasteiger partial charge in [-0.2, -0.15) is 0 Å². The molecule has 8 heteroatoms. The van der Waals surface area contributed by atoms with Gasteiger partial charge in [0, 0.05) is 37.7 Å². The number of aromatic nitrogens is 1. The Bertz CT molecular complexity index is 1050. The number of rotatable bonds is 4. The van der Waals surface area contributed by atoms with E-state index in [2.05, 4.69) is 10.1 Å². The number of carboxylic acid groups (broad SMARTS) is 1. The molecule has 1 aromatic heterocycles. The predicted molar refractivity (Wildman–Crippen MR) is 101 cm³/mol. The molecule has 28 heavy (non-hydrogen) atoms. The molecule has 2 heterocycles. The average Bonchev–Trinajstić information content (AvgIpc) is 3.08. The number of phenols is 2. The Morgan fingerprint density at radius 3 is 2.64 bits per heavy atom. The van der Waals surface area contributed by atoms with Gasteiger partial charge in [0.15, 0.2) is 5.76 Å². The Balaban J connectivity index is 1.58. The fourth-order valence-electron chi connectivity index (χ4n) is 3.36. The number of hydrogen-bond acceptors (Lipinski definition) is 6. The number of carbonyl (C=O) groups is 1. The van der Waals surface area contributed by atoms with Gasteiger partial charge in [0.1, 0.15) is 11.5 Å². The van der Waals surface area contributed by atoms with Gasteiger partial charge in [-0.25, -0.2) is 4.79 Å². The normalized spacial score (nSPS) is 14.0. The molecule has 0 atom stereocenters. The highest BCUT2D eigenvalue weighted by Gasteiger charge is 2.26. The van der Waals surface area contributed by atoms with E-state index in [9.17, 15) is 15.0 Å². The molecule has 0 fully saturated rings. The van der Waals surface area contributed by atoms with E-state index in [0.29, 0.717) is 30.8 Å². The zero-order valence-corrected chi connectivity index (χ0v) is 15.5. The quantitative estimate of drug-likeness (QED) is 0.613. The maximum atomic E-state index is 11.0. The van der Waals surface area contributed by atoms with Gasteiger partial charge in [-0.1, -0.05) is 28.9 Å². The second kappa shape index (κ2) is 7.18.